The van der Waals surface area contributed by atoms with Crippen LogP contribution in [0.2, 0.25) is 0 Å². The highest BCUT2D eigenvalue weighted by molar-refractivity contribution is 7.10. The van der Waals surface area contributed by atoms with Gasteiger partial charge in [-0.2, -0.15) is 0 Å². The fourth-order valence-electron chi connectivity index (χ4n) is 4.33. The van der Waals surface area contributed by atoms with Crippen molar-refractivity contribution in [2.24, 2.45) is 0 Å². The van der Waals surface area contributed by atoms with Crippen LogP contribution in [0.3, 0.4) is 0 Å². The van der Waals surface area contributed by atoms with Crippen molar-refractivity contribution in [3.05, 3.63) is 87.4 Å². The summed E-state index contributed by atoms with van der Waals surface area (Å²) in [6.07, 6.45) is 1.53. The first-order valence-corrected chi connectivity index (χ1v) is 12.9. The number of nitrogens with zero attached hydrogens (tertiary/aromatic N) is 2. The molecule has 2 heterocycles. The van der Waals surface area contributed by atoms with E-state index < -0.39 is 0 Å². The van der Waals surface area contributed by atoms with Gasteiger partial charge in [0.15, 0.2) is 0 Å². The molecule has 1 aliphatic heterocycles. The molecule has 1 aromatic heterocycles. The topological polar surface area (TPSA) is 49.9 Å². The molecular formula is C28H31FN2O3S. The Hall–Kier alpha value is -3.19. The summed E-state index contributed by atoms with van der Waals surface area (Å²) >= 11 is 1.68. The van der Waals surface area contributed by atoms with Crippen LogP contribution in [-0.2, 0) is 11.2 Å². The second-order valence-corrected chi connectivity index (χ2v) is 9.97. The van der Waals surface area contributed by atoms with E-state index in [1.54, 1.807) is 28.4 Å². The Bertz CT molecular complexity index is 1160. The zero-order valence-corrected chi connectivity index (χ0v) is 21.2. The fraction of sp³-hybridized carbons (Fsp3) is 0.357. The SMILES string of the molecule is CC[C@@H](C)N(CC(=O)N1CCc2sccc2[C@H]1COc1ccc(F)cc1)C(=O)c1ccc(C)cc1. The van der Waals surface area contributed by atoms with E-state index in [2.05, 4.69) is 0 Å². The van der Waals surface area contributed by atoms with Crippen molar-refractivity contribution < 1.29 is 18.7 Å². The summed E-state index contributed by atoms with van der Waals surface area (Å²) in [5.74, 6) is -0.0115. The molecule has 1 aliphatic rings. The van der Waals surface area contributed by atoms with Crippen molar-refractivity contribution in [3.63, 3.8) is 0 Å². The predicted molar refractivity (Wildman–Crippen MR) is 136 cm³/mol. The second-order valence-electron chi connectivity index (χ2n) is 8.97. The Morgan fingerprint density at radius 3 is 2.54 bits per heavy atom. The monoisotopic (exact) mass is 494 g/mol. The van der Waals surface area contributed by atoms with Gasteiger partial charge < -0.3 is 14.5 Å². The number of halogens is 1. The number of hydrogen-bond donors (Lipinski definition) is 0. The fourth-order valence-corrected chi connectivity index (χ4v) is 5.26. The maximum atomic E-state index is 13.6. The number of aryl methyl sites for hydroxylation is 1. The van der Waals surface area contributed by atoms with E-state index in [4.69, 9.17) is 4.74 Å². The molecule has 0 spiro atoms. The molecule has 0 bridgehead atoms. The van der Waals surface area contributed by atoms with Gasteiger partial charge in [0.1, 0.15) is 24.7 Å². The lowest BCUT2D eigenvalue weighted by Gasteiger charge is -2.38. The maximum absolute atomic E-state index is 13.6. The molecule has 35 heavy (non-hydrogen) atoms. The maximum Gasteiger partial charge on any atom is 0.254 e. The van der Waals surface area contributed by atoms with Crippen molar-refractivity contribution in [2.75, 3.05) is 19.7 Å². The van der Waals surface area contributed by atoms with Crippen LogP contribution >= 0.6 is 11.3 Å². The first kappa shape index (κ1) is 24.9. The Balaban J connectivity index is 1.54. The zero-order chi connectivity index (χ0) is 24.9. The highest BCUT2D eigenvalue weighted by Gasteiger charge is 2.34. The number of amides is 2. The van der Waals surface area contributed by atoms with E-state index in [-0.39, 0.29) is 42.9 Å². The quantitative estimate of drug-likeness (QED) is 0.407. The summed E-state index contributed by atoms with van der Waals surface area (Å²) < 4.78 is 19.3. The van der Waals surface area contributed by atoms with Crippen LogP contribution in [0.15, 0.2) is 60.0 Å². The minimum absolute atomic E-state index is 0.00817. The summed E-state index contributed by atoms with van der Waals surface area (Å²) in [4.78, 5) is 31.8. The Morgan fingerprint density at radius 1 is 1.14 bits per heavy atom. The Morgan fingerprint density at radius 2 is 1.86 bits per heavy atom. The number of thiophene rings is 1. The van der Waals surface area contributed by atoms with Gasteiger partial charge >= 0.3 is 0 Å². The van der Waals surface area contributed by atoms with Crippen molar-refractivity contribution >= 4 is 23.2 Å². The molecule has 0 saturated heterocycles. The van der Waals surface area contributed by atoms with Gasteiger partial charge in [0.05, 0.1) is 6.04 Å². The van der Waals surface area contributed by atoms with E-state index in [0.717, 1.165) is 24.0 Å². The normalized spacial score (nSPS) is 15.9. The molecular weight excluding hydrogens is 463 g/mol. The molecule has 4 rings (SSSR count). The minimum atomic E-state index is -0.324. The molecule has 0 saturated carbocycles. The van der Waals surface area contributed by atoms with Crippen molar-refractivity contribution in [3.8, 4) is 5.75 Å². The molecule has 0 radical (unpaired) electrons. The predicted octanol–water partition coefficient (Wildman–Crippen LogP) is 5.64. The first-order chi connectivity index (χ1) is 16.9. The van der Waals surface area contributed by atoms with Gasteiger partial charge in [0.25, 0.3) is 5.91 Å². The highest BCUT2D eigenvalue weighted by atomic mass is 32.1. The number of fused-ring (bicyclic) bond motifs is 1. The van der Waals surface area contributed by atoms with Crippen LogP contribution in [0.1, 0.15) is 52.7 Å². The van der Waals surface area contributed by atoms with E-state index in [0.29, 0.717) is 17.9 Å². The van der Waals surface area contributed by atoms with Crippen LogP contribution in [0, 0.1) is 12.7 Å². The van der Waals surface area contributed by atoms with Crippen LogP contribution in [0.4, 0.5) is 4.39 Å². The standard InChI is InChI=1S/C28H31FN2O3S/c1-4-20(3)31(28(33)21-7-5-19(2)6-8-21)17-27(32)30-15-13-26-24(14-16-35-26)25(30)18-34-23-11-9-22(29)10-12-23/h5-12,14,16,20,25H,4,13,15,17-18H2,1-3H3/t20-,25-/m1/s1. The van der Waals surface area contributed by atoms with E-state index in [1.807, 2.05) is 61.4 Å². The van der Waals surface area contributed by atoms with Gasteiger partial charge in [0, 0.05) is 23.0 Å². The zero-order valence-electron chi connectivity index (χ0n) is 20.4. The second kappa shape index (κ2) is 11.0. The minimum Gasteiger partial charge on any atom is -0.491 e. The van der Waals surface area contributed by atoms with Crippen LogP contribution in [-0.4, -0.2) is 47.4 Å². The summed E-state index contributed by atoms with van der Waals surface area (Å²) in [7, 11) is 0. The Labute approximate surface area is 210 Å². The summed E-state index contributed by atoms with van der Waals surface area (Å²) in [5.41, 5.74) is 2.74. The third kappa shape index (κ3) is 5.73. The van der Waals surface area contributed by atoms with Gasteiger partial charge in [-0.1, -0.05) is 24.6 Å². The van der Waals surface area contributed by atoms with Gasteiger partial charge in [-0.3, -0.25) is 9.59 Å². The van der Waals surface area contributed by atoms with Gasteiger partial charge in [-0.05, 0) is 80.1 Å². The lowest BCUT2D eigenvalue weighted by atomic mass is 10.00. The molecule has 2 amide bonds. The molecule has 0 N–H and O–H groups in total. The van der Waals surface area contributed by atoms with Gasteiger partial charge in [-0.15, -0.1) is 11.3 Å². The largest absolute Gasteiger partial charge is 0.491 e. The number of carbonyl (C=O) groups is 2. The molecule has 5 nitrogen and oxygen atoms in total. The summed E-state index contributed by atoms with van der Waals surface area (Å²) in [6.45, 7) is 6.80. The smallest absolute Gasteiger partial charge is 0.254 e. The number of hydrogen-bond acceptors (Lipinski definition) is 4. The third-order valence-electron chi connectivity index (χ3n) is 6.62. The molecule has 0 aliphatic carbocycles. The molecule has 2 aromatic carbocycles. The Kier molecular flexibility index (Phi) is 7.86. The molecule has 0 unspecified atom stereocenters. The van der Waals surface area contributed by atoms with Crippen LogP contribution < -0.4 is 4.74 Å². The lowest BCUT2D eigenvalue weighted by Crippen LogP contribution is -2.49. The highest BCUT2D eigenvalue weighted by Crippen LogP contribution is 2.34. The molecule has 0 fully saturated rings. The number of ether oxygens (including phenoxy) is 1. The van der Waals surface area contributed by atoms with Gasteiger partial charge in [-0.25, -0.2) is 4.39 Å². The van der Waals surface area contributed by atoms with E-state index >= 15 is 0 Å². The van der Waals surface area contributed by atoms with Crippen molar-refractivity contribution in [2.45, 2.75) is 45.7 Å². The number of rotatable bonds is 8. The van der Waals surface area contributed by atoms with Crippen molar-refractivity contribution in [1.29, 1.82) is 0 Å². The third-order valence-corrected chi connectivity index (χ3v) is 7.62. The first-order valence-electron chi connectivity index (χ1n) is 12.0. The molecule has 3 aromatic rings. The number of benzene rings is 2. The average Bonchev–Trinajstić information content (AvgIpc) is 3.35. The lowest BCUT2D eigenvalue weighted by molar-refractivity contribution is -0.136. The summed E-state index contributed by atoms with van der Waals surface area (Å²) in [6, 6.07) is 15.0. The van der Waals surface area contributed by atoms with E-state index in [9.17, 15) is 14.0 Å². The molecule has 184 valence electrons. The van der Waals surface area contributed by atoms with Gasteiger partial charge in [0.2, 0.25) is 5.91 Å². The average molecular weight is 495 g/mol. The molecule has 7 heteroatoms. The number of carbonyl (C=O) groups excluding carboxylic acids is 2. The summed E-state index contributed by atoms with van der Waals surface area (Å²) in [5, 5.41) is 2.04. The van der Waals surface area contributed by atoms with Crippen molar-refractivity contribution in [1.82, 2.24) is 9.80 Å². The van der Waals surface area contributed by atoms with Crippen LogP contribution in [0.25, 0.3) is 0 Å². The van der Waals surface area contributed by atoms with Crippen LogP contribution in [0.5, 0.6) is 5.75 Å². The van der Waals surface area contributed by atoms with E-state index in [1.165, 1.54) is 17.0 Å². The molecule has 2 atom stereocenters.